The molecule has 3 nitrogen and oxygen atoms in total. The molecule has 2 aromatic heterocycles. The monoisotopic (exact) mass is 248 g/mol. The second kappa shape index (κ2) is 4.27. The molecule has 17 heavy (non-hydrogen) atoms. The molecule has 0 atom stereocenters. The van der Waals surface area contributed by atoms with Crippen molar-refractivity contribution in [1.82, 2.24) is 10.3 Å². The van der Waals surface area contributed by atoms with Crippen molar-refractivity contribution in [2.75, 3.05) is 0 Å². The molecule has 0 amide bonds. The van der Waals surface area contributed by atoms with Crippen LogP contribution in [0.4, 0.5) is 0 Å². The fourth-order valence-electron chi connectivity index (χ4n) is 1.72. The number of aromatic nitrogens is 1. The molecule has 0 bridgehead atoms. The summed E-state index contributed by atoms with van der Waals surface area (Å²) in [6.07, 6.45) is 4.41. The Morgan fingerprint density at radius 3 is 2.94 bits per heavy atom. The fraction of sp³-hybridized carbons (Fsp3) is 0.462. The first kappa shape index (κ1) is 11.0. The molecule has 1 N–H and O–H groups in total. The number of rotatable bonds is 4. The van der Waals surface area contributed by atoms with E-state index in [1.165, 1.54) is 28.2 Å². The SMILES string of the molecule is Cc1cc(-c2cnc(CNC3CC3)o2)sc1C. The smallest absolute Gasteiger partial charge is 0.208 e. The van der Waals surface area contributed by atoms with Crippen LogP contribution >= 0.6 is 11.3 Å². The van der Waals surface area contributed by atoms with E-state index in [9.17, 15) is 0 Å². The lowest BCUT2D eigenvalue weighted by atomic mass is 10.3. The van der Waals surface area contributed by atoms with Gasteiger partial charge >= 0.3 is 0 Å². The zero-order valence-corrected chi connectivity index (χ0v) is 10.9. The van der Waals surface area contributed by atoms with Crippen LogP contribution in [-0.4, -0.2) is 11.0 Å². The van der Waals surface area contributed by atoms with E-state index in [1.807, 2.05) is 6.20 Å². The Bertz CT molecular complexity index is 506. The Balaban J connectivity index is 1.74. The highest BCUT2D eigenvalue weighted by molar-refractivity contribution is 7.15. The van der Waals surface area contributed by atoms with E-state index in [1.54, 1.807) is 11.3 Å². The zero-order chi connectivity index (χ0) is 11.8. The maximum Gasteiger partial charge on any atom is 0.208 e. The lowest BCUT2D eigenvalue weighted by Gasteiger charge is -1.96. The Morgan fingerprint density at radius 2 is 2.29 bits per heavy atom. The maximum atomic E-state index is 5.75. The highest BCUT2D eigenvalue weighted by Gasteiger charge is 2.21. The maximum absolute atomic E-state index is 5.75. The molecular weight excluding hydrogens is 232 g/mol. The molecule has 4 heteroatoms. The molecule has 1 saturated carbocycles. The molecule has 0 unspecified atom stereocenters. The average Bonchev–Trinajstić information content (AvgIpc) is 2.92. The van der Waals surface area contributed by atoms with E-state index in [4.69, 9.17) is 4.42 Å². The average molecular weight is 248 g/mol. The normalized spacial score (nSPS) is 15.4. The summed E-state index contributed by atoms with van der Waals surface area (Å²) < 4.78 is 5.75. The summed E-state index contributed by atoms with van der Waals surface area (Å²) in [5.74, 6) is 1.68. The van der Waals surface area contributed by atoms with E-state index in [2.05, 4.69) is 30.2 Å². The number of hydrogen-bond acceptors (Lipinski definition) is 4. The summed E-state index contributed by atoms with van der Waals surface area (Å²) in [7, 11) is 0. The van der Waals surface area contributed by atoms with Crippen LogP contribution in [0.25, 0.3) is 10.6 Å². The minimum absolute atomic E-state index is 0.691. The van der Waals surface area contributed by atoms with Crippen molar-refractivity contribution >= 4 is 11.3 Å². The van der Waals surface area contributed by atoms with Crippen molar-refractivity contribution in [3.05, 3.63) is 28.6 Å². The molecule has 0 aliphatic heterocycles. The summed E-state index contributed by atoms with van der Waals surface area (Å²) in [6.45, 7) is 5.00. The highest BCUT2D eigenvalue weighted by Crippen LogP contribution is 2.31. The van der Waals surface area contributed by atoms with Gasteiger partial charge < -0.3 is 9.73 Å². The second-order valence-electron chi connectivity index (χ2n) is 4.62. The molecule has 1 aliphatic carbocycles. The minimum Gasteiger partial charge on any atom is -0.438 e. The number of nitrogens with zero attached hydrogens (tertiary/aromatic N) is 1. The second-order valence-corrected chi connectivity index (χ2v) is 5.88. The molecule has 90 valence electrons. The largest absolute Gasteiger partial charge is 0.438 e. The summed E-state index contributed by atoms with van der Waals surface area (Å²) in [4.78, 5) is 6.82. The molecule has 1 aliphatic rings. The third-order valence-corrected chi connectivity index (χ3v) is 4.25. The van der Waals surface area contributed by atoms with E-state index in [0.717, 1.165) is 18.2 Å². The van der Waals surface area contributed by atoms with Gasteiger partial charge in [-0.3, -0.25) is 0 Å². The van der Waals surface area contributed by atoms with Crippen molar-refractivity contribution in [1.29, 1.82) is 0 Å². The molecule has 0 saturated heterocycles. The highest BCUT2D eigenvalue weighted by atomic mass is 32.1. The first-order valence-electron chi connectivity index (χ1n) is 5.98. The van der Waals surface area contributed by atoms with Gasteiger partial charge in [-0.1, -0.05) is 0 Å². The van der Waals surface area contributed by atoms with Crippen LogP contribution in [0.1, 0.15) is 29.2 Å². The quantitative estimate of drug-likeness (QED) is 0.902. The number of hydrogen-bond donors (Lipinski definition) is 1. The lowest BCUT2D eigenvalue weighted by molar-refractivity contribution is 0.477. The van der Waals surface area contributed by atoms with Gasteiger partial charge in [-0.2, -0.15) is 0 Å². The van der Waals surface area contributed by atoms with Crippen molar-refractivity contribution < 1.29 is 4.42 Å². The summed E-state index contributed by atoms with van der Waals surface area (Å²) in [6, 6.07) is 2.86. The molecule has 3 rings (SSSR count). The van der Waals surface area contributed by atoms with Crippen molar-refractivity contribution in [3.63, 3.8) is 0 Å². The van der Waals surface area contributed by atoms with Gasteiger partial charge in [-0.05, 0) is 38.3 Å². The van der Waals surface area contributed by atoms with Gasteiger partial charge in [0.15, 0.2) is 5.76 Å². The third-order valence-electron chi connectivity index (χ3n) is 3.08. The predicted octanol–water partition coefficient (Wildman–Crippen LogP) is 3.27. The van der Waals surface area contributed by atoms with Crippen molar-refractivity contribution in [2.45, 2.75) is 39.3 Å². The Hall–Kier alpha value is -1.13. The van der Waals surface area contributed by atoms with Crippen molar-refractivity contribution in [3.8, 4) is 10.6 Å². The first-order valence-corrected chi connectivity index (χ1v) is 6.79. The number of aryl methyl sites for hydroxylation is 2. The third kappa shape index (κ3) is 2.42. The summed E-state index contributed by atoms with van der Waals surface area (Å²) in [5.41, 5.74) is 1.32. The van der Waals surface area contributed by atoms with Gasteiger partial charge in [0.1, 0.15) is 0 Å². The summed E-state index contributed by atoms with van der Waals surface area (Å²) >= 11 is 1.76. The van der Waals surface area contributed by atoms with Crippen LogP contribution in [0.3, 0.4) is 0 Å². The molecule has 0 radical (unpaired) electrons. The van der Waals surface area contributed by atoms with Crippen LogP contribution in [0.15, 0.2) is 16.7 Å². The number of thiophene rings is 1. The number of oxazole rings is 1. The van der Waals surface area contributed by atoms with Gasteiger partial charge in [0.25, 0.3) is 0 Å². The Morgan fingerprint density at radius 1 is 1.47 bits per heavy atom. The van der Waals surface area contributed by atoms with Gasteiger partial charge in [-0.25, -0.2) is 4.98 Å². The molecule has 2 aromatic rings. The molecule has 0 aromatic carbocycles. The standard InChI is InChI=1S/C13H16N2OS/c1-8-5-12(17-9(8)2)11-6-15-13(16-11)7-14-10-3-4-10/h5-6,10,14H,3-4,7H2,1-2H3. The van der Waals surface area contributed by atoms with Crippen LogP contribution in [0, 0.1) is 13.8 Å². The summed E-state index contributed by atoms with van der Waals surface area (Å²) in [5, 5.41) is 3.40. The van der Waals surface area contributed by atoms with Gasteiger partial charge in [0.2, 0.25) is 5.89 Å². The number of nitrogens with one attached hydrogen (secondary N) is 1. The van der Waals surface area contributed by atoms with Crippen LogP contribution in [0.2, 0.25) is 0 Å². The fourth-order valence-corrected chi connectivity index (χ4v) is 2.70. The van der Waals surface area contributed by atoms with Gasteiger partial charge in [0.05, 0.1) is 17.6 Å². The van der Waals surface area contributed by atoms with Crippen molar-refractivity contribution in [2.24, 2.45) is 0 Å². The van der Waals surface area contributed by atoms with Gasteiger partial charge in [-0.15, -0.1) is 11.3 Å². The topological polar surface area (TPSA) is 38.1 Å². The lowest BCUT2D eigenvalue weighted by Crippen LogP contribution is -2.15. The molecule has 0 spiro atoms. The Labute approximate surface area is 105 Å². The zero-order valence-electron chi connectivity index (χ0n) is 10.1. The molecule has 1 fully saturated rings. The van der Waals surface area contributed by atoms with E-state index in [-0.39, 0.29) is 0 Å². The Kier molecular flexibility index (Phi) is 2.76. The molecule has 2 heterocycles. The van der Waals surface area contributed by atoms with Crippen LogP contribution in [0.5, 0.6) is 0 Å². The van der Waals surface area contributed by atoms with E-state index >= 15 is 0 Å². The van der Waals surface area contributed by atoms with Gasteiger partial charge in [0, 0.05) is 10.9 Å². The van der Waals surface area contributed by atoms with E-state index < -0.39 is 0 Å². The first-order chi connectivity index (χ1) is 8.22. The molecular formula is C13H16N2OS. The minimum atomic E-state index is 0.691. The van der Waals surface area contributed by atoms with E-state index in [0.29, 0.717) is 6.04 Å². The van der Waals surface area contributed by atoms with Crippen LogP contribution < -0.4 is 5.32 Å². The predicted molar refractivity (Wildman–Crippen MR) is 69.2 cm³/mol. The van der Waals surface area contributed by atoms with Crippen LogP contribution in [-0.2, 0) is 6.54 Å².